The molecule has 2 N–H and O–H groups in total. The standard InChI is InChI=1S/C16H22N4O/c1-12(2)7-9-17-15-8-10-18-16(20-15)19-13-5-4-6-14(11-13)21-3/h4-6,8,10-12H,7,9H2,1-3H3,(H2,17,18,19,20). The van der Waals surface area contributed by atoms with Gasteiger partial charge in [0.2, 0.25) is 5.95 Å². The van der Waals surface area contributed by atoms with Gasteiger partial charge in [-0.15, -0.1) is 0 Å². The van der Waals surface area contributed by atoms with Crippen LogP contribution in [0.1, 0.15) is 20.3 Å². The Morgan fingerprint density at radius 3 is 2.86 bits per heavy atom. The maximum absolute atomic E-state index is 5.20. The summed E-state index contributed by atoms with van der Waals surface area (Å²) in [7, 11) is 1.65. The monoisotopic (exact) mass is 286 g/mol. The fourth-order valence-electron chi connectivity index (χ4n) is 1.84. The number of methoxy groups -OCH3 is 1. The zero-order chi connectivity index (χ0) is 15.1. The first kappa shape index (κ1) is 15.1. The van der Waals surface area contributed by atoms with Gasteiger partial charge in [0.05, 0.1) is 7.11 Å². The molecule has 0 spiro atoms. The van der Waals surface area contributed by atoms with Crippen molar-refractivity contribution in [1.29, 1.82) is 0 Å². The van der Waals surface area contributed by atoms with Gasteiger partial charge in [0, 0.05) is 24.5 Å². The van der Waals surface area contributed by atoms with Crippen LogP contribution < -0.4 is 15.4 Å². The average Bonchev–Trinajstić information content (AvgIpc) is 2.47. The van der Waals surface area contributed by atoms with E-state index in [4.69, 9.17) is 4.74 Å². The topological polar surface area (TPSA) is 59.1 Å². The maximum Gasteiger partial charge on any atom is 0.229 e. The number of ether oxygens (including phenoxy) is 1. The van der Waals surface area contributed by atoms with Gasteiger partial charge in [-0.1, -0.05) is 19.9 Å². The fourth-order valence-corrected chi connectivity index (χ4v) is 1.84. The molecule has 1 aromatic heterocycles. The normalized spacial score (nSPS) is 10.5. The molecule has 21 heavy (non-hydrogen) atoms. The largest absolute Gasteiger partial charge is 0.497 e. The second kappa shape index (κ2) is 7.47. The number of hydrogen-bond donors (Lipinski definition) is 2. The van der Waals surface area contributed by atoms with Gasteiger partial charge >= 0.3 is 0 Å². The van der Waals surface area contributed by atoms with E-state index in [0.29, 0.717) is 11.9 Å². The third kappa shape index (κ3) is 4.95. The van der Waals surface area contributed by atoms with Gasteiger partial charge in [0.15, 0.2) is 0 Å². The Labute approximate surface area is 125 Å². The number of benzene rings is 1. The lowest BCUT2D eigenvalue weighted by molar-refractivity contribution is 0.415. The molecule has 0 radical (unpaired) electrons. The quantitative estimate of drug-likeness (QED) is 0.813. The van der Waals surface area contributed by atoms with E-state index >= 15 is 0 Å². The van der Waals surface area contributed by atoms with Crippen LogP contribution in [-0.2, 0) is 0 Å². The second-order valence-electron chi connectivity index (χ2n) is 5.23. The molecule has 0 fully saturated rings. The van der Waals surface area contributed by atoms with Crippen molar-refractivity contribution in [2.45, 2.75) is 20.3 Å². The summed E-state index contributed by atoms with van der Waals surface area (Å²) in [5, 5.41) is 6.48. The van der Waals surface area contributed by atoms with Crippen LogP contribution in [0.5, 0.6) is 5.75 Å². The van der Waals surface area contributed by atoms with E-state index in [0.717, 1.165) is 30.2 Å². The minimum atomic E-state index is 0.567. The predicted molar refractivity (Wildman–Crippen MR) is 86.3 cm³/mol. The lowest BCUT2D eigenvalue weighted by atomic mass is 10.1. The molecule has 1 heterocycles. The van der Waals surface area contributed by atoms with Crippen LogP contribution in [0.2, 0.25) is 0 Å². The average molecular weight is 286 g/mol. The third-order valence-electron chi connectivity index (χ3n) is 3.01. The Morgan fingerprint density at radius 2 is 2.10 bits per heavy atom. The van der Waals surface area contributed by atoms with E-state index in [9.17, 15) is 0 Å². The zero-order valence-electron chi connectivity index (χ0n) is 12.8. The maximum atomic E-state index is 5.20. The highest BCUT2D eigenvalue weighted by Crippen LogP contribution is 2.19. The van der Waals surface area contributed by atoms with Gasteiger partial charge in [0.25, 0.3) is 0 Å². The number of hydrogen-bond acceptors (Lipinski definition) is 5. The van der Waals surface area contributed by atoms with Crippen LogP contribution >= 0.6 is 0 Å². The van der Waals surface area contributed by atoms with Crippen LogP contribution in [0.25, 0.3) is 0 Å². The molecule has 112 valence electrons. The van der Waals surface area contributed by atoms with Crippen molar-refractivity contribution in [3.8, 4) is 5.75 Å². The molecule has 2 aromatic rings. The molecule has 0 saturated heterocycles. The number of rotatable bonds is 7. The van der Waals surface area contributed by atoms with Gasteiger partial charge in [0.1, 0.15) is 11.6 Å². The van der Waals surface area contributed by atoms with Crippen LogP contribution in [0, 0.1) is 5.92 Å². The smallest absolute Gasteiger partial charge is 0.229 e. The Bertz CT molecular complexity index is 572. The van der Waals surface area contributed by atoms with Gasteiger partial charge < -0.3 is 15.4 Å². The van der Waals surface area contributed by atoms with Crippen molar-refractivity contribution in [3.63, 3.8) is 0 Å². The van der Waals surface area contributed by atoms with Crippen molar-refractivity contribution in [3.05, 3.63) is 36.5 Å². The lowest BCUT2D eigenvalue weighted by Gasteiger charge is -2.10. The molecular weight excluding hydrogens is 264 g/mol. The molecule has 5 nitrogen and oxygen atoms in total. The van der Waals surface area contributed by atoms with Crippen LogP contribution in [0.15, 0.2) is 36.5 Å². The summed E-state index contributed by atoms with van der Waals surface area (Å²) >= 11 is 0. The summed E-state index contributed by atoms with van der Waals surface area (Å²) in [5.41, 5.74) is 0.897. The highest BCUT2D eigenvalue weighted by molar-refractivity contribution is 5.56. The number of anilines is 3. The van der Waals surface area contributed by atoms with Crippen molar-refractivity contribution < 1.29 is 4.74 Å². The van der Waals surface area contributed by atoms with Crippen LogP contribution in [-0.4, -0.2) is 23.6 Å². The molecular formula is C16H22N4O. The molecule has 0 aliphatic heterocycles. The number of nitrogens with zero attached hydrogens (tertiary/aromatic N) is 2. The predicted octanol–water partition coefficient (Wildman–Crippen LogP) is 3.69. The molecule has 0 amide bonds. The van der Waals surface area contributed by atoms with Crippen molar-refractivity contribution in [2.75, 3.05) is 24.3 Å². The molecule has 0 atom stereocenters. The Balaban J connectivity index is 1.99. The van der Waals surface area contributed by atoms with Crippen LogP contribution in [0.3, 0.4) is 0 Å². The number of aromatic nitrogens is 2. The van der Waals surface area contributed by atoms with E-state index in [1.165, 1.54) is 0 Å². The first-order valence-corrected chi connectivity index (χ1v) is 7.15. The zero-order valence-corrected chi connectivity index (χ0v) is 12.8. The molecule has 5 heteroatoms. The Hall–Kier alpha value is -2.30. The third-order valence-corrected chi connectivity index (χ3v) is 3.01. The van der Waals surface area contributed by atoms with Gasteiger partial charge in [-0.25, -0.2) is 4.98 Å². The van der Waals surface area contributed by atoms with Crippen molar-refractivity contribution in [2.24, 2.45) is 5.92 Å². The van der Waals surface area contributed by atoms with Crippen molar-refractivity contribution >= 4 is 17.5 Å². The van der Waals surface area contributed by atoms with Gasteiger partial charge in [-0.2, -0.15) is 4.98 Å². The van der Waals surface area contributed by atoms with Gasteiger partial charge in [-0.3, -0.25) is 0 Å². The Kier molecular flexibility index (Phi) is 5.37. The summed E-state index contributed by atoms with van der Waals surface area (Å²) < 4.78 is 5.20. The molecule has 0 aliphatic rings. The summed E-state index contributed by atoms with van der Waals surface area (Å²) in [6.07, 6.45) is 2.86. The molecule has 0 saturated carbocycles. The highest BCUT2D eigenvalue weighted by atomic mass is 16.5. The Morgan fingerprint density at radius 1 is 1.24 bits per heavy atom. The molecule has 0 unspecified atom stereocenters. The molecule has 1 aromatic carbocycles. The van der Waals surface area contributed by atoms with E-state index in [-0.39, 0.29) is 0 Å². The molecule has 0 aliphatic carbocycles. The summed E-state index contributed by atoms with van der Waals surface area (Å²) in [6, 6.07) is 9.55. The first-order valence-electron chi connectivity index (χ1n) is 7.15. The minimum Gasteiger partial charge on any atom is -0.497 e. The highest BCUT2D eigenvalue weighted by Gasteiger charge is 2.01. The molecule has 2 rings (SSSR count). The van der Waals surface area contributed by atoms with Gasteiger partial charge in [-0.05, 0) is 30.5 Å². The summed E-state index contributed by atoms with van der Waals surface area (Å²) in [5.74, 6) is 2.87. The van der Waals surface area contributed by atoms with Crippen LogP contribution in [0.4, 0.5) is 17.5 Å². The minimum absolute atomic E-state index is 0.567. The first-order chi connectivity index (χ1) is 10.2. The lowest BCUT2D eigenvalue weighted by Crippen LogP contribution is -2.07. The summed E-state index contributed by atoms with van der Waals surface area (Å²) in [6.45, 7) is 5.32. The van der Waals surface area contributed by atoms with E-state index < -0.39 is 0 Å². The molecule has 0 bridgehead atoms. The van der Waals surface area contributed by atoms with Crippen molar-refractivity contribution in [1.82, 2.24) is 9.97 Å². The summed E-state index contributed by atoms with van der Waals surface area (Å²) in [4.78, 5) is 8.68. The van der Waals surface area contributed by atoms with E-state index in [1.807, 2.05) is 30.3 Å². The van der Waals surface area contributed by atoms with E-state index in [1.54, 1.807) is 13.3 Å². The SMILES string of the molecule is COc1cccc(Nc2nccc(NCCC(C)C)n2)c1. The fraction of sp³-hybridized carbons (Fsp3) is 0.375. The number of nitrogens with one attached hydrogen (secondary N) is 2. The second-order valence-corrected chi connectivity index (χ2v) is 5.23. The van der Waals surface area contributed by atoms with E-state index in [2.05, 4.69) is 34.4 Å².